The van der Waals surface area contributed by atoms with Crippen molar-refractivity contribution in [2.24, 2.45) is 0 Å². The third-order valence-electron chi connectivity index (χ3n) is 5.13. The number of likely N-dealkylation sites (N-methyl/N-ethyl adjacent to an activating group) is 1. The fourth-order valence-corrected chi connectivity index (χ4v) is 3.32. The Kier molecular flexibility index (Phi) is 7.08. The second-order valence-electron chi connectivity index (χ2n) is 7.32. The van der Waals surface area contributed by atoms with Crippen molar-refractivity contribution in [3.63, 3.8) is 0 Å². The van der Waals surface area contributed by atoms with Crippen LogP contribution in [0.3, 0.4) is 0 Å². The molecular weight excluding hydrogens is 378 g/mol. The average molecular weight is 405 g/mol. The molecular formula is C20H27N3O6. The maximum absolute atomic E-state index is 11.6. The first-order valence-electron chi connectivity index (χ1n) is 9.66. The van der Waals surface area contributed by atoms with E-state index in [1.807, 2.05) is 7.05 Å². The molecule has 1 aliphatic heterocycles. The van der Waals surface area contributed by atoms with Gasteiger partial charge in [0.15, 0.2) is 11.5 Å². The van der Waals surface area contributed by atoms with Gasteiger partial charge in [-0.05, 0) is 26.6 Å². The van der Waals surface area contributed by atoms with Crippen LogP contribution in [0.5, 0.6) is 11.5 Å². The van der Waals surface area contributed by atoms with E-state index in [2.05, 4.69) is 14.7 Å². The van der Waals surface area contributed by atoms with Crippen LogP contribution in [0, 0.1) is 0 Å². The summed E-state index contributed by atoms with van der Waals surface area (Å²) in [4.78, 5) is 29.7. The summed E-state index contributed by atoms with van der Waals surface area (Å²) in [5.74, 6) is -0.140. The summed E-state index contributed by atoms with van der Waals surface area (Å²) >= 11 is 0. The fourth-order valence-electron chi connectivity index (χ4n) is 3.32. The molecule has 0 atom stereocenters. The maximum Gasteiger partial charge on any atom is 0.226 e. The highest BCUT2D eigenvalue weighted by Gasteiger charge is 2.18. The molecule has 1 saturated heterocycles. The maximum atomic E-state index is 11.6. The van der Waals surface area contributed by atoms with Crippen molar-refractivity contribution in [3.05, 3.63) is 56.6 Å². The van der Waals surface area contributed by atoms with E-state index < -0.39 is 10.9 Å². The number of hydrogen-bond donors (Lipinski definition) is 2. The van der Waals surface area contributed by atoms with Crippen molar-refractivity contribution in [2.45, 2.75) is 19.5 Å². The Morgan fingerprint density at radius 1 is 0.793 bits per heavy atom. The van der Waals surface area contributed by atoms with Crippen molar-refractivity contribution >= 4 is 0 Å². The molecule has 3 heterocycles. The van der Waals surface area contributed by atoms with Gasteiger partial charge in [-0.25, -0.2) is 0 Å². The molecule has 0 amide bonds. The smallest absolute Gasteiger partial charge is 0.226 e. The predicted octanol–water partition coefficient (Wildman–Crippen LogP) is 0.644. The number of rotatable bonds is 4. The van der Waals surface area contributed by atoms with Crippen LogP contribution in [0.25, 0.3) is 0 Å². The second-order valence-corrected chi connectivity index (χ2v) is 7.32. The zero-order valence-electron chi connectivity index (χ0n) is 16.5. The number of hydrogen-bond acceptors (Lipinski definition) is 9. The predicted molar refractivity (Wildman–Crippen MR) is 106 cm³/mol. The van der Waals surface area contributed by atoms with E-state index in [9.17, 15) is 19.8 Å². The second kappa shape index (κ2) is 9.73. The molecule has 2 N–H and O–H groups in total. The van der Waals surface area contributed by atoms with Crippen LogP contribution in [0.15, 0.2) is 43.1 Å². The average Bonchev–Trinajstić information content (AvgIpc) is 2.70. The van der Waals surface area contributed by atoms with E-state index in [1.165, 1.54) is 24.7 Å². The molecule has 0 spiro atoms. The van der Waals surface area contributed by atoms with Crippen LogP contribution in [-0.4, -0.2) is 71.2 Å². The zero-order chi connectivity index (χ0) is 20.8. The topological polar surface area (TPSA) is 111 Å². The first-order valence-corrected chi connectivity index (χ1v) is 9.66. The number of nitrogens with zero attached hydrogens (tertiary/aromatic N) is 3. The SMILES string of the molecule is CN1CCN(Cc2occc(=O)c2O)CCCN(Cc2occc(=O)c2O)CC1. The molecule has 1 fully saturated rings. The minimum absolute atomic E-state index is 0.269. The molecule has 9 nitrogen and oxygen atoms in total. The fraction of sp³-hybridized carbons (Fsp3) is 0.500. The molecule has 0 unspecified atom stereocenters. The van der Waals surface area contributed by atoms with E-state index in [0.717, 1.165) is 45.7 Å². The Morgan fingerprint density at radius 2 is 1.24 bits per heavy atom. The Labute approximate surface area is 168 Å². The molecule has 9 heteroatoms. The molecule has 0 bridgehead atoms. The van der Waals surface area contributed by atoms with Gasteiger partial charge in [-0.2, -0.15) is 0 Å². The van der Waals surface area contributed by atoms with Crippen LogP contribution in [0.2, 0.25) is 0 Å². The van der Waals surface area contributed by atoms with Crippen molar-refractivity contribution in [1.29, 1.82) is 0 Å². The first kappa shape index (κ1) is 21.1. The lowest BCUT2D eigenvalue weighted by Gasteiger charge is -2.31. The zero-order valence-corrected chi connectivity index (χ0v) is 16.5. The molecule has 158 valence electrons. The van der Waals surface area contributed by atoms with Crippen molar-refractivity contribution in [1.82, 2.24) is 14.7 Å². The van der Waals surface area contributed by atoms with Crippen LogP contribution < -0.4 is 10.9 Å². The van der Waals surface area contributed by atoms with Gasteiger partial charge >= 0.3 is 0 Å². The highest BCUT2D eigenvalue weighted by atomic mass is 16.4. The lowest BCUT2D eigenvalue weighted by Crippen LogP contribution is -2.41. The van der Waals surface area contributed by atoms with Crippen molar-refractivity contribution in [2.75, 3.05) is 46.3 Å². The van der Waals surface area contributed by atoms with Gasteiger partial charge in [0.2, 0.25) is 22.4 Å². The third-order valence-corrected chi connectivity index (χ3v) is 5.13. The quantitative estimate of drug-likeness (QED) is 0.757. The van der Waals surface area contributed by atoms with Gasteiger partial charge in [-0.1, -0.05) is 0 Å². The monoisotopic (exact) mass is 405 g/mol. The van der Waals surface area contributed by atoms with E-state index >= 15 is 0 Å². The lowest BCUT2D eigenvalue weighted by atomic mass is 10.2. The molecule has 29 heavy (non-hydrogen) atoms. The minimum Gasteiger partial charge on any atom is -0.502 e. The molecule has 0 aliphatic carbocycles. The van der Waals surface area contributed by atoms with Crippen LogP contribution >= 0.6 is 0 Å². The largest absolute Gasteiger partial charge is 0.502 e. The molecule has 2 aromatic rings. The Bertz CT molecular complexity index is 851. The minimum atomic E-state index is -0.445. The molecule has 0 aromatic carbocycles. The van der Waals surface area contributed by atoms with Crippen LogP contribution in [0.1, 0.15) is 17.9 Å². The summed E-state index contributed by atoms with van der Waals surface area (Å²) in [6.45, 7) is 5.38. The van der Waals surface area contributed by atoms with Crippen LogP contribution in [0.4, 0.5) is 0 Å². The summed E-state index contributed by atoms with van der Waals surface area (Å²) in [6.07, 6.45) is 3.43. The molecule has 0 saturated carbocycles. The first-order chi connectivity index (χ1) is 13.9. The Morgan fingerprint density at radius 3 is 1.69 bits per heavy atom. The van der Waals surface area contributed by atoms with Gasteiger partial charge in [-0.15, -0.1) is 0 Å². The summed E-state index contributed by atoms with van der Waals surface area (Å²) in [5.41, 5.74) is -0.889. The Balaban J connectivity index is 1.66. The van der Waals surface area contributed by atoms with Gasteiger partial charge in [0.25, 0.3) is 0 Å². The molecule has 3 rings (SSSR count). The van der Waals surface area contributed by atoms with Crippen molar-refractivity contribution in [3.8, 4) is 11.5 Å². The molecule has 2 aromatic heterocycles. The van der Waals surface area contributed by atoms with E-state index in [0.29, 0.717) is 13.1 Å². The van der Waals surface area contributed by atoms with Gasteiger partial charge in [0.1, 0.15) is 0 Å². The lowest BCUT2D eigenvalue weighted by molar-refractivity contribution is 0.144. The third kappa shape index (κ3) is 5.69. The van der Waals surface area contributed by atoms with Gasteiger partial charge in [0, 0.05) is 38.3 Å². The van der Waals surface area contributed by atoms with E-state index in [4.69, 9.17) is 8.83 Å². The molecule has 0 radical (unpaired) electrons. The highest BCUT2D eigenvalue weighted by Crippen LogP contribution is 2.16. The summed E-state index contributed by atoms with van der Waals surface area (Å²) in [5, 5.41) is 19.9. The van der Waals surface area contributed by atoms with Crippen LogP contribution in [-0.2, 0) is 13.1 Å². The summed E-state index contributed by atoms with van der Waals surface area (Å²) in [7, 11) is 2.03. The standard InChI is InChI=1S/C20H27N3O6/c1-21-7-9-22(13-17-19(26)15(24)3-11-28-17)5-2-6-23(10-8-21)14-18-20(27)16(25)4-12-29-18/h3-4,11-12,26-27H,2,5-10,13-14H2,1H3. The highest BCUT2D eigenvalue weighted by molar-refractivity contribution is 5.23. The Hall–Kier alpha value is -2.62. The van der Waals surface area contributed by atoms with E-state index in [-0.39, 0.29) is 23.0 Å². The van der Waals surface area contributed by atoms with E-state index in [1.54, 1.807) is 0 Å². The van der Waals surface area contributed by atoms with Gasteiger partial charge in [0.05, 0.1) is 25.6 Å². The van der Waals surface area contributed by atoms with Gasteiger partial charge < -0.3 is 23.9 Å². The molecule has 1 aliphatic rings. The van der Waals surface area contributed by atoms with Gasteiger partial charge in [-0.3, -0.25) is 19.4 Å². The summed E-state index contributed by atoms with van der Waals surface area (Å²) < 4.78 is 10.7. The summed E-state index contributed by atoms with van der Waals surface area (Å²) in [6, 6.07) is 2.40. The normalized spacial score (nSPS) is 18.0. The number of aromatic hydroxyl groups is 2. The van der Waals surface area contributed by atoms with Crippen molar-refractivity contribution < 1.29 is 19.0 Å².